The molecule has 1 N–H and O–H groups in total. The Balaban J connectivity index is 1.54. The number of piperidine rings is 1. The van der Waals surface area contributed by atoms with Gasteiger partial charge in [-0.1, -0.05) is 12.1 Å². The Bertz CT molecular complexity index is 567. The first-order valence-electron chi connectivity index (χ1n) is 7.54. The summed E-state index contributed by atoms with van der Waals surface area (Å²) >= 11 is 0. The number of aromatic nitrogens is 1. The van der Waals surface area contributed by atoms with Crippen molar-refractivity contribution in [2.75, 3.05) is 26.7 Å². The van der Waals surface area contributed by atoms with Gasteiger partial charge in [0, 0.05) is 24.7 Å². The lowest BCUT2D eigenvalue weighted by Crippen LogP contribution is -2.37. The number of likely N-dealkylation sites (tertiary alicyclic amines) is 1. The van der Waals surface area contributed by atoms with Gasteiger partial charge >= 0.3 is 0 Å². The van der Waals surface area contributed by atoms with Crippen LogP contribution in [0.25, 0.3) is 10.9 Å². The molecule has 1 saturated heterocycles. The van der Waals surface area contributed by atoms with Crippen LogP contribution in [0.4, 0.5) is 0 Å². The largest absolute Gasteiger partial charge is 0.312 e. The molecule has 20 heavy (non-hydrogen) atoms. The molecule has 3 nitrogen and oxygen atoms in total. The van der Waals surface area contributed by atoms with E-state index in [1.807, 2.05) is 12.3 Å². The van der Waals surface area contributed by atoms with Crippen molar-refractivity contribution in [1.82, 2.24) is 15.2 Å². The molecule has 0 aliphatic carbocycles. The summed E-state index contributed by atoms with van der Waals surface area (Å²) in [5.41, 5.74) is 2.42. The molecule has 1 aliphatic rings. The van der Waals surface area contributed by atoms with E-state index in [0.717, 1.165) is 24.5 Å². The van der Waals surface area contributed by atoms with Crippen molar-refractivity contribution in [1.29, 1.82) is 0 Å². The lowest BCUT2D eigenvalue weighted by Gasteiger charge is -2.29. The zero-order valence-corrected chi connectivity index (χ0v) is 12.2. The Labute approximate surface area is 121 Å². The molecule has 3 rings (SSSR count). The summed E-state index contributed by atoms with van der Waals surface area (Å²) in [6.07, 6.45) is 4.54. The highest BCUT2D eigenvalue weighted by Crippen LogP contribution is 2.15. The molecular weight excluding hydrogens is 246 g/mol. The molecule has 1 unspecified atom stereocenters. The third kappa shape index (κ3) is 3.35. The summed E-state index contributed by atoms with van der Waals surface area (Å²) in [7, 11) is 2.22. The first-order valence-corrected chi connectivity index (χ1v) is 7.54. The zero-order valence-electron chi connectivity index (χ0n) is 12.2. The number of pyridine rings is 1. The van der Waals surface area contributed by atoms with Crippen molar-refractivity contribution >= 4 is 10.9 Å². The Morgan fingerprint density at radius 2 is 2.30 bits per heavy atom. The Morgan fingerprint density at radius 1 is 1.35 bits per heavy atom. The van der Waals surface area contributed by atoms with E-state index in [-0.39, 0.29) is 0 Å². The number of nitrogens with one attached hydrogen (secondary N) is 1. The summed E-state index contributed by atoms with van der Waals surface area (Å²) < 4.78 is 0. The van der Waals surface area contributed by atoms with Crippen molar-refractivity contribution in [2.24, 2.45) is 5.92 Å². The van der Waals surface area contributed by atoms with Crippen LogP contribution in [0, 0.1) is 5.92 Å². The van der Waals surface area contributed by atoms with E-state index in [9.17, 15) is 0 Å². The molecule has 1 atom stereocenters. The van der Waals surface area contributed by atoms with Crippen LogP contribution in [0.1, 0.15) is 18.4 Å². The number of benzene rings is 1. The molecular formula is C17H23N3. The lowest BCUT2D eigenvalue weighted by molar-refractivity contribution is 0.206. The first-order chi connectivity index (χ1) is 9.81. The predicted molar refractivity (Wildman–Crippen MR) is 83.7 cm³/mol. The summed E-state index contributed by atoms with van der Waals surface area (Å²) in [5.74, 6) is 0.802. The van der Waals surface area contributed by atoms with E-state index >= 15 is 0 Å². The summed E-state index contributed by atoms with van der Waals surface area (Å²) in [6, 6.07) is 10.7. The molecule has 0 bridgehead atoms. The third-order valence-corrected chi connectivity index (χ3v) is 4.15. The number of rotatable bonds is 4. The number of fused-ring (bicyclic) bond motifs is 1. The molecule has 1 aliphatic heterocycles. The zero-order chi connectivity index (χ0) is 13.8. The molecule has 1 aromatic carbocycles. The lowest BCUT2D eigenvalue weighted by atomic mass is 9.98. The average molecular weight is 269 g/mol. The maximum absolute atomic E-state index is 4.36. The highest BCUT2D eigenvalue weighted by Gasteiger charge is 2.16. The van der Waals surface area contributed by atoms with Crippen LogP contribution in [0.2, 0.25) is 0 Å². The molecule has 0 amide bonds. The van der Waals surface area contributed by atoms with Gasteiger partial charge in [0.2, 0.25) is 0 Å². The van der Waals surface area contributed by atoms with Gasteiger partial charge in [0.1, 0.15) is 0 Å². The van der Waals surface area contributed by atoms with Crippen molar-refractivity contribution in [3.63, 3.8) is 0 Å². The minimum Gasteiger partial charge on any atom is -0.312 e. The maximum atomic E-state index is 4.36. The molecule has 0 radical (unpaired) electrons. The fourth-order valence-corrected chi connectivity index (χ4v) is 3.10. The van der Waals surface area contributed by atoms with Gasteiger partial charge in [0.15, 0.2) is 0 Å². The van der Waals surface area contributed by atoms with Crippen molar-refractivity contribution in [3.8, 4) is 0 Å². The minimum atomic E-state index is 0.802. The van der Waals surface area contributed by atoms with E-state index in [4.69, 9.17) is 0 Å². The first kappa shape index (κ1) is 13.5. The van der Waals surface area contributed by atoms with E-state index in [2.05, 4.69) is 46.5 Å². The Hall–Kier alpha value is -1.45. The highest BCUT2D eigenvalue weighted by molar-refractivity contribution is 5.78. The molecule has 2 heterocycles. The van der Waals surface area contributed by atoms with Gasteiger partial charge in [-0.25, -0.2) is 0 Å². The van der Waals surface area contributed by atoms with Crippen LogP contribution >= 0.6 is 0 Å². The molecule has 1 aromatic heterocycles. The van der Waals surface area contributed by atoms with Crippen LogP contribution in [0.15, 0.2) is 36.5 Å². The highest BCUT2D eigenvalue weighted by atomic mass is 15.1. The van der Waals surface area contributed by atoms with Crippen molar-refractivity contribution < 1.29 is 0 Å². The van der Waals surface area contributed by atoms with Crippen LogP contribution < -0.4 is 5.32 Å². The number of hydrogen-bond donors (Lipinski definition) is 1. The summed E-state index contributed by atoms with van der Waals surface area (Å²) in [4.78, 5) is 6.80. The quantitative estimate of drug-likeness (QED) is 0.925. The number of nitrogens with zero attached hydrogens (tertiary/aromatic N) is 2. The van der Waals surface area contributed by atoms with E-state index in [1.54, 1.807) is 0 Å². The summed E-state index contributed by atoms with van der Waals surface area (Å²) in [6.45, 7) is 4.56. The van der Waals surface area contributed by atoms with E-state index in [1.165, 1.54) is 36.9 Å². The smallest absolute Gasteiger partial charge is 0.0702 e. The fraction of sp³-hybridized carbons (Fsp3) is 0.471. The normalized spacial score (nSPS) is 20.4. The van der Waals surface area contributed by atoms with E-state index < -0.39 is 0 Å². The van der Waals surface area contributed by atoms with Crippen molar-refractivity contribution in [2.45, 2.75) is 19.4 Å². The molecule has 0 saturated carbocycles. The van der Waals surface area contributed by atoms with E-state index in [0.29, 0.717) is 0 Å². The van der Waals surface area contributed by atoms with Crippen LogP contribution in [-0.4, -0.2) is 36.6 Å². The fourth-order valence-electron chi connectivity index (χ4n) is 3.10. The Morgan fingerprint density at radius 3 is 3.20 bits per heavy atom. The molecule has 106 valence electrons. The number of hydrogen-bond acceptors (Lipinski definition) is 3. The maximum Gasteiger partial charge on any atom is 0.0702 e. The predicted octanol–water partition coefficient (Wildman–Crippen LogP) is 2.67. The second-order valence-corrected chi connectivity index (χ2v) is 5.93. The average Bonchev–Trinajstić information content (AvgIpc) is 2.47. The standard InChI is InChI=1S/C17H23N3/c1-20-9-3-4-15(13-20)12-18-11-14-6-7-17-16(10-14)5-2-8-19-17/h2,5-8,10,15,18H,3-4,9,11-13H2,1H3. The van der Waals surface area contributed by atoms with Crippen molar-refractivity contribution in [3.05, 3.63) is 42.1 Å². The second kappa shape index (κ2) is 6.33. The van der Waals surface area contributed by atoms with Crippen LogP contribution in [-0.2, 0) is 6.54 Å². The molecule has 1 fully saturated rings. The van der Waals surface area contributed by atoms with Gasteiger partial charge in [0.05, 0.1) is 5.52 Å². The summed E-state index contributed by atoms with van der Waals surface area (Å²) in [5, 5.41) is 4.84. The van der Waals surface area contributed by atoms with Gasteiger partial charge in [-0.15, -0.1) is 0 Å². The second-order valence-electron chi connectivity index (χ2n) is 5.93. The van der Waals surface area contributed by atoms with Gasteiger partial charge in [-0.3, -0.25) is 4.98 Å². The molecule has 2 aromatic rings. The van der Waals surface area contributed by atoms with Gasteiger partial charge in [-0.05, 0) is 62.7 Å². The minimum absolute atomic E-state index is 0.802. The van der Waals surface area contributed by atoms with Crippen LogP contribution in [0.3, 0.4) is 0 Å². The van der Waals surface area contributed by atoms with Gasteiger partial charge in [-0.2, -0.15) is 0 Å². The van der Waals surface area contributed by atoms with Crippen LogP contribution in [0.5, 0.6) is 0 Å². The SMILES string of the molecule is CN1CCCC(CNCc2ccc3ncccc3c2)C1. The monoisotopic (exact) mass is 269 g/mol. The molecule has 3 heteroatoms. The third-order valence-electron chi connectivity index (χ3n) is 4.15. The van der Waals surface area contributed by atoms with Gasteiger partial charge < -0.3 is 10.2 Å². The Kier molecular flexibility index (Phi) is 4.28. The van der Waals surface area contributed by atoms with Gasteiger partial charge in [0.25, 0.3) is 0 Å². The molecule has 0 spiro atoms. The topological polar surface area (TPSA) is 28.2 Å².